The molecule has 3 aliphatic carbocycles. The van der Waals surface area contributed by atoms with Crippen molar-refractivity contribution in [1.29, 1.82) is 0 Å². The van der Waals surface area contributed by atoms with Crippen LogP contribution in [-0.4, -0.2) is 74.4 Å². The summed E-state index contributed by atoms with van der Waals surface area (Å²) >= 11 is 0. The molecule has 11 nitrogen and oxygen atoms in total. The molecular formula is C33H31N3O8. The Morgan fingerprint density at radius 2 is 1.73 bits per heavy atom. The van der Waals surface area contributed by atoms with Gasteiger partial charge < -0.3 is 31.5 Å². The number of primary amides is 1. The third-order valence-electron chi connectivity index (χ3n) is 9.04. The number of benzene rings is 3. The molecular weight excluding hydrogens is 566 g/mol. The Hall–Kier alpha value is -5.00. The van der Waals surface area contributed by atoms with E-state index in [2.05, 4.69) is 5.32 Å². The smallest absolute Gasteiger partial charge is 0.255 e. The number of fused-ring (bicyclic) bond motifs is 4. The molecule has 226 valence electrons. The Balaban J connectivity index is 1.50. The van der Waals surface area contributed by atoms with Crippen molar-refractivity contribution in [2.24, 2.45) is 17.6 Å². The average molecular weight is 598 g/mol. The highest BCUT2D eigenvalue weighted by molar-refractivity contribution is 6.24. The fourth-order valence-corrected chi connectivity index (χ4v) is 7.17. The molecule has 6 rings (SSSR count). The molecule has 1 fully saturated rings. The summed E-state index contributed by atoms with van der Waals surface area (Å²) < 4.78 is 0. The number of phenolic OH excluding ortho intramolecular Hbond substituents is 1. The predicted molar refractivity (Wildman–Crippen MR) is 161 cm³/mol. The molecule has 44 heavy (non-hydrogen) atoms. The van der Waals surface area contributed by atoms with Gasteiger partial charge in [0.15, 0.2) is 11.4 Å². The van der Waals surface area contributed by atoms with Crippen molar-refractivity contribution in [2.75, 3.05) is 19.4 Å². The number of phenols is 1. The highest BCUT2D eigenvalue weighted by atomic mass is 16.3. The summed E-state index contributed by atoms with van der Waals surface area (Å²) in [6.07, 6.45) is 0.229. The van der Waals surface area contributed by atoms with Crippen LogP contribution < -0.4 is 11.1 Å². The zero-order chi connectivity index (χ0) is 31.8. The maximum atomic E-state index is 14.1. The number of hydrogen-bond acceptors (Lipinski definition) is 9. The van der Waals surface area contributed by atoms with Crippen molar-refractivity contribution in [3.05, 3.63) is 76.6 Å². The Morgan fingerprint density at radius 1 is 1.02 bits per heavy atom. The van der Waals surface area contributed by atoms with Gasteiger partial charge in [-0.3, -0.25) is 24.1 Å². The van der Waals surface area contributed by atoms with Crippen LogP contribution in [0.25, 0.3) is 27.7 Å². The second-order valence-electron chi connectivity index (χ2n) is 11.9. The number of aromatic hydroxyl groups is 1. The molecule has 0 unspecified atom stereocenters. The van der Waals surface area contributed by atoms with Crippen molar-refractivity contribution in [2.45, 2.75) is 31.4 Å². The topological polar surface area (TPSA) is 190 Å². The summed E-state index contributed by atoms with van der Waals surface area (Å²) in [7, 11) is 3.12. The first-order chi connectivity index (χ1) is 20.7. The van der Waals surface area contributed by atoms with E-state index in [0.717, 1.165) is 11.1 Å². The summed E-state index contributed by atoms with van der Waals surface area (Å²) in [5, 5.41) is 49.7. The fraction of sp³-hybridized carbons (Fsp3) is 0.273. The van der Waals surface area contributed by atoms with Gasteiger partial charge >= 0.3 is 0 Å². The van der Waals surface area contributed by atoms with Crippen LogP contribution in [0.3, 0.4) is 0 Å². The number of nitrogens with zero attached hydrogens (tertiary/aromatic N) is 1. The average Bonchev–Trinajstić information content (AvgIpc) is 2.94. The maximum Gasteiger partial charge on any atom is 0.255 e. The quantitative estimate of drug-likeness (QED) is 0.246. The number of anilines is 1. The SMILES string of the molecule is CC(=O)Nc1cccc(-c2ccc3cc4c(c(O)c3c2)C(O)=C2C(=O)[C@]3(O)C(O)=C(C(N)=O)C(=O)[C@@H](N(C)C)[C@@H]3C[C@@H]2C4)c1. The van der Waals surface area contributed by atoms with E-state index in [1.165, 1.54) is 11.8 Å². The molecule has 0 bridgehead atoms. The largest absolute Gasteiger partial charge is 0.508 e. The van der Waals surface area contributed by atoms with Crippen LogP contribution in [0.2, 0.25) is 0 Å². The molecule has 0 saturated heterocycles. The number of hydrogen-bond donors (Lipinski definition) is 6. The molecule has 0 spiro atoms. The van der Waals surface area contributed by atoms with Crippen molar-refractivity contribution in [3.63, 3.8) is 0 Å². The summed E-state index contributed by atoms with van der Waals surface area (Å²) in [6.45, 7) is 1.41. The van der Waals surface area contributed by atoms with Gasteiger partial charge in [0, 0.05) is 29.5 Å². The number of ketones is 2. The first-order valence-electron chi connectivity index (χ1n) is 14.1. The Kier molecular flexibility index (Phi) is 6.63. The molecule has 0 aliphatic heterocycles. The van der Waals surface area contributed by atoms with Gasteiger partial charge in [0.1, 0.15) is 22.8 Å². The monoisotopic (exact) mass is 597 g/mol. The van der Waals surface area contributed by atoms with Crippen LogP contribution in [0.5, 0.6) is 5.75 Å². The molecule has 11 heteroatoms. The zero-order valence-corrected chi connectivity index (χ0v) is 24.2. The second-order valence-corrected chi connectivity index (χ2v) is 11.9. The van der Waals surface area contributed by atoms with Gasteiger partial charge in [-0.05, 0) is 73.1 Å². The number of carbonyl (C=O) groups is 4. The van der Waals surface area contributed by atoms with E-state index >= 15 is 0 Å². The third-order valence-corrected chi connectivity index (χ3v) is 9.04. The van der Waals surface area contributed by atoms with Gasteiger partial charge in [-0.15, -0.1) is 0 Å². The number of carbonyl (C=O) groups excluding carboxylic acids is 4. The number of nitrogens with two attached hydrogens (primary N) is 1. The number of likely N-dealkylation sites (N-methyl/N-ethyl adjacent to an activating group) is 1. The minimum Gasteiger partial charge on any atom is -0.508 e. The standard InChI is InChI=1S/C33H31N3O8/c1-14(37)35-20-6-4-5-15(11-20)16-7-8-17-9-18-10-19-13-22-26(36(2)3)29(40)25(32(34)43)31(42)33(22,44)30(41)24(19)28(39)23(18)27(38)21(17)12-16/h4-9,11-12,19,22,26,38-39,42,44H,10,13H2,1-3H3,(H2,34,43)(H,35,37)/t19-,22-,26-,33-/m0/s1. The lowest BCUT2D eigenvalue weighted by molar-refractivity contribution is -0.153. The number of Topliss-reactive ketones (excluding diaryl/α,β-unsaturated/α-hetero) is 2. The maximum absolute atomic E-state index is 14.1. The van der Waals surface area contributed by atoms with E-state index in [1.807, 2.05) is 24.3 Å². The first-order valence-corrected chi connectivity index (χ1v) is 14.1. The molecule has 0 aromatic heterocycles. The van der Waals surface area contributed by atoms with Gasteiger partial charge in [-0.1, -0.05) is 30.3 Å². The van der Waals surface area contributed by atoms with Crippen LogP contribution in [0.1, 0.15) is 24.5 Å². The van der Waals surface area contributed by atoms with Gasteiger partial charge in [0.05, 0.1) is 11.6 Å². The lowest BCUT2D eigenvalue weighted by atomic mass is 9.57. The summed E-state index contributed by atoms with van der Waals surface area (Å²) in [5.74, 6) is -7.07. The summed E-state index contributed by atoms with van der Waals surface area (Å²) in [4.78, 5) is 52.5. The van der Waals surface area contributed by atoms with Gasteiger partial charge in [-0.25, -0.2) is 0 Å². The zero-order valence-electron chi connectivity index (χ0n) is 24.2. The first kappa shape index (κ1) is 29.1. The number of aliphatic hydroxyl groups excluding tert-OH is 2. The molecule has 7 N–H and O–H groups in total. The van der Waals surface area contributed by atoms with Crippen LogP contribution in [0, 0.1) is 11.8 Å². The summed E-state index contributed by atoms with van der Waals surface area (Å²) in [6, 6.07) is 13.3. The van der Waals surface area contributed by atoms with E-state index < -0.39 is 58.0 Å². The molecule has 1 saturated carbocycles. The summed E-state index contributed by atoms with van der Waals surface area (Å²) in [5.41, 5.74) is 4.33. The second kappa shape index (κ2) is 10.0. The van der Waals surface area contributed by atoms with E-state index in [-0.39, 0.29) is 35.6 Å². The minimum absolute atomic E-state index is 0.0220. The normalized spacial score (nSPS) is 24.7. The third kappa shape index (κ3) is 4.11. The van der Waals surface area contributed by atoms with Gasteiger partial charge in [0.25, 0.3) is 5.91 Å². The van der Waals surface area contributed by atoms with Crippen LogP contribution >= 0.6 is 0 Å². The molecule has 4 atom stereocenters. The van der Waals surface area contributed by atoms with Crippen LogP contribution in [0.15, 0.2) is 65.4 Å². The van der Waals surface area contributed by atoms with E-state index in [9.17, 15) is 39.6 Å². The lowest BCUT2D eigenvalue weighted by Gasteiger charge is -2.50. The Morgan fingerprint density at radius 3 is 2.39 bits per heavy atom. The van der Waals surface area contributed by atoms with E-state index in [4.69, 9.17) is 5.73 Å². The van der Waals surface area contributed by atoms with E-state index in [0.29, 0.717) is 22.0 Å². The predicted octanol–water partition coefficient (Wildman–Crippen LogP) is 2.74. The van der Waals surface area contributed by atoms with Crippen LogP contribution in [0.4, 0.5) is 5.69 Å². The molecule has 0 heterocycles. The van der Waals surface area contributed by atoms with Crippen molar-refractivity contribution < 1.29 is 39.6 Å². The molecule has 3 aliphatic rings. The van der Waals surface area contributed by atoms with Crippen molar-refractivity contribution in [1.82, 2.24) is 4.90 Å². The number of rotatable bonds is 4. The number of aliphatic hydroxyl groups is 3. The minimum atomic E-state index is -2.69. The number of amides is 2. The van der Waals surface area contributed by atoms with Crippen molar-refractivity contribution in [3.8, 4) is 16.9 Å². The van der Waals surface area contributed by atoms with Crippen molar-refractivity contribution >= 4 is 45.6 Å². The highest BCUT2D eigenvalue weighted by Gasteiger charge is 2.64. The fourth-order valence-electron chi connectivity index (χ4n) is 7.17. The highest BCUT2D eigenvalue weighted by Crippen LogP contribution is 2.53. The van der Waals surface area contributed by atoms with Gasteiger partial charge in [-0.2, -0.15) is 0 Å². The Bertz CT molecular complexity index is 1890. The lowest BCUT2D eigenvalue weighted by Crippen LogP contribution is -2.65. The Labute approximate surface area is 251 Å². The molecule has 3 aromatic rings. The molecule has 2 amide bonds. The molecule has 0 radical (unpaired) electrons. The molecule has 3 aromatic carbocycles. The van der Waals surface area contributed by atoms with Gasteiger partial charge in [0.2, 0.25) is 11.7 Å². The van der Waals surface area contributed by atoms with E-state index in [1.54, 1.807) is 38.4 Å². The number of nitrogens with one attached hydrogen (secondary N) is 1. The van der Waals surface area contributed by atoms with Crippen LogP contribution in [-0.2, 0) is 25.6 Å².